The summed E-state index contributed by atoms with van der Waals surface area (Å²) in [7, 11) is 0. The van der Waals surface area contributed by atoms with E-state index in [4.69, 9.17) is 10.2 Å². The van der Waals surface area contributed by atoms with Crippen LogP contribution >= 0.6 is 0 Å². The van der Waals surface area contributed by atoms with Crippen LogP contribution in [0.15, 0.2) is 0 Å². The van der Waals surface area contributed by atoms with Crippen LogP contribution in [0.2, 0.25) is 0 Å². The highest BCUT2D eigenvalue weighted by atomic mass is 16.4. The summed E-state index contributed by atoms with van der Waals surface area (Å²) >= 11 is 0. The molecular formula is C16H30O4. The molecule has 0 bridgehead atoms. The second-order valence-corrected chi connectivity index (χ2v) is 6.91. The molecule has 0 aliphatic heterocycles. The summed E-state index contributed by atoms with van der Waals surface area (Å²) in [6.45, 7) is 8.11. The lowest BCUT2D eigenvalue weighted by Gasteiger charge is -2.27. The molecule has 0 aliphatic rings. The van der Waals surface area contributed by atoms with Gasteiger partial charge in [0.2, 0.25) is 0 Å². The first kappa shape index (κ1) is 18.9. The first-order chi connectivity index (χ1) is 9.14. The summed E-state index contributed by atoms with van der Waals surface area (Å²) in [5.74, 6) is -1.49. The predicted molar refractivity (Wildman–Crippen MR) is 79.7 cm³/mol. The number of carbonyl (C=O) groups is 2. The third-order valence-corrected chi connectivity index (χ3v) is 3.84. The highest BCUT2D eigenvalue weighted by Gasteiger charge is 2.22. The van der Waals surface area contributed by atoms with Crippen molar-refractivity contribution in [2.75, 3.05) is 0 Å². The van der Waals surface area contributed by atoms with Crippen LogP contribution in [0.1, 0.15) is 72.6 Å². The predicted octanol–water partition coefficient (Wildman–Crippen LogP) is 4.18. The fourth-order valence-corrected chi connectivity index (χ4v) is 2.77. The molecule has 0 rings (SSSR count). The van der Waals surface area contributed by atoms with Gasteiger partial charge in [0.25, 0.3) is 0 Å². The van der Waals surface area contributed by atoms with Crippen molar-refractivity contribution in [3.05, 3.63) is 0 Å². The Balaban J connectivity index is 3.82. The molecule has 0 aromatic rings. The number of carboxylic acid groups (broad SMARTS) is 2. The van der Waals surface area contributed by atoms with Gasteiger partial charge in [0.1, 0.15) is 0 Å². The van der Waals surface area contributed by atoms with Crippen LogP contribution in [-0.2, 0) is 9.59 Å². The Kier molecular flexibility index (Phi) is 8.51. The molecule has 0 amide bonds. The molecule has 20 heavy (non-hydrogen) atoms. The molecule has 0 spiro atoms. The topological polar surface area (TPSA) is 74.6 Å². The van der Waals surface area contributed by atoms with Crippen LogP contribution in [0, 0.1) is 17.3 Å². The molecule has 0 saturated carbocycles. The summed E-state index contributed by atoms with van der Waals surface area (Å²) in [5, 5.41) is 17.6. The third-order valence-electron chi connectivity index (χ3n) is 3.84. The van der Waals surface area contributed by atoms with Crippen LogP contribution in [0.5, 0.6) is 0 Å². The third kappa shape index (κ3) is 9.82. The summed E-state index contributed by atoms with van der Waals surface area (Å²) in [4.78, 5) is 21.3. The van der Waals surface area contributed by atoms with Gasteiger partial charge in [-0.05, 0) is 30.6 Å². The van der Waals surface area contributed by atoms with Crippen LogP contribution in [0.4, 0.5) is 0 Å². The number of rotatable bonds is 11. The quantitative estimate of drug-likeness (QED) is 0.559. The van der Waals surface area contributed by atoms with Gasteiger partial charge in [-0.25, -0.2) is 0 Å². The van der Waals surface area contributed by atoms with Crippen LogP contribution in [-0.4, -0.2) is 22.2 Å². The largest absolute Gasteiger partial charge is 0.481 e. The maximum Gasteiger partial charge on any atom is 0.306 e. The minimum Gasteiger partial charge on any atom is -0.481 e. The standard InChI is InChI=1S/C16H30O4/c1-12(10-14(17)18)11-16(3,4)9-7-5-6-8-13(2)15(19)20/h12-13H,5-11H2,1-4H3,(H,17,18)(H,19,20). The van der Waals surface area contributed by atoms with Gasteiger partial charge in [0.15, 0.2) is 0 Å². The Morgan fingerprint density at radius 2 is 1.65 bits per heavy atom. The smallest absolute Gasteiger partial charge is 0.306 e. The second-order valence-electron chi connectivity index (χ2n) is 6.91. The maximum absolute atomic E-state index is 10.7. The van der Waals surface area contributed by atoms with Crippen molar-refractivity contribution in [3.8, 4) is 0 Å². The lowest BCUT2D eigenvalue weighted by atomic mass is 9.78. The lowest BCUT2D eigenvalue weighted by molar-refractivity contribution is -0.141. The normalized spacial score (nSPS) is 14.8. The average Bonchev–Trinajstić information content (AvgIpc) is 2.25. The van der Waals surface area contributed by atoms with E-state index >= 15 is 0 Å². The minimum atomic E-state index is -0.726. The molecule has 4 nitrogen and oxygen atoms in total. The number of hydrogen-bond donors (Lipinski definition) is 2. The highest BCUT2D eigenvalue weighted by Crippen LogP contribution is 2.32. The Bertz CT molecular complexity index is 310. The monoisotopic (exact) mass is 286 g/mol. The molecule has 0 aromatic heterocycles. The summed E-state index contributed by atoms with van der Waals surface area (Å²) in [6.07, 6.45) is 6.05. The van der Waals surface area contributed by atoms with E-state index in [0.29, 0.717) is 0 Å². The first-order valence-corrected chi connectivity index (χ1v) is 7.58. The van der Waals surface area contributed by atoms with Gasteiger partial charge >= 0.3 is 11.9 Å². The van der Waals surface area contributed by atoms with Crippen molar-refractivity contribution in [1.29, 1.82) is 0 Å². The van der Waals surface area contributed by atoms with Crippen molar-refractivity contribution < 1.29 is 19.8 Å². The molecule has 0 aromatic carbocycles. The van der Waals surface area contributed by atoms with Crippen molar-refractivity contribution in [2.24, 2.45) is 17.3 Å². The Hall–Kier alpha value is -1.06. The van der Waals surface area contributed by atoms with Crippen molar-refractivity contribution in [3.63, 3.8) is 0 Å². The molecule has 4 heteroatoms. The van der Waals surface area contributed by atoms with E-state index in [2.05, 4.69) is 13.8 Å². The van der Waals surface area contributed by atoms with E-state index in [1.807, 2.05) is 6.92 Å². The van der Waals surface area contributed by atoms with Gasteiger partial charge in [-0.3, -0.25) is 9.59 Å². The van der Waals surface area contributed by atoms with Crippen LogP contribution < -0.4 is 0 Å². The number of hydrogen-bond acceptors (Lipinski definition) is 2. The fourth-order valence-electron chi connectivity index (χ4n) is 2.77. The van der Waals surface area contributed by atoms with E-state index in [1.165, 1.54) is 0 Å². The number of unbranched alkanes of at least 4 members (excludes halogenated alkanes) is 2. The van der Waals surface area contributed by atoms with Gasteiger partial charge in [-0.1, -0.05) is 47.0 Å². The van der Waals surface area contributed by atoms with E-state index in [-0.39, 0.29) is 23.7 Å². The zero-order valence-corrected chi connectivity index (χ0v) is 13.3. The Morgan fingerprint density at radius 3 is 2.15 bits per heavy atom. The van der Waals surface area contributed by atoms with Crippen molar-refractivity contribution >= 4 is 11.9 Å². The van der Waals surface area contributed by atoms with Crippen LogP contribution in [0.25, 0.3) is 0 Å². The van der Waals surface area contributed by atoms with Gasteiger partial charge < -0.3 is 10.2 Å². The van der Waals surface area contributed by atoms with Gasteiger partial charge in [-0.15, -0.1) is 0 Å². The van der Waals surface area contributed by atoms with E-state index in [9.17, 15) is 9.59 Å². The Labute approximate surface area is 122 Å². The molecule has 2 atom stereocenters. The summed E-state index contributed by atoms with van der Waals surface area (Å²) in [5.41, 5.74) is 0.160. The molecule has 0 heterocycles. The number of aliphatic carboxylic acids is 2. The highest BCUT2D eigenvalue weighted by molar-refractivity contribution is 5.69. The molecule has 0 radical (unpaired) electrons. The average molecular weight is 286 g/mol. The van der Waals surface area contributed by atoms with Gasteiger partial charge in [0.05, 0.1) is 5.92 Å². The lowest BCUT2D eigenvalue weighted by Crippen LogP contribution is -2.17. The molecule has 0 saturated heterocycles. The zero-order valence-electron chi connectivity index (χ0n) is 13.3. The van der Waals surface area contributed by atoms with E-state index < -0.39 is 11.9 Å². The first-order valence-electron chi connectivity index (χ1n) is 7.58. The van der Waals surface area contributed by atoms with E-state index in [0.717, 1.165) is 38.5 Å². The second kappa shape index (κ2) is 8.98. The Morgan fingerprint density at radius 1 is 1.05 bits per heavy atom. The fraction of sp³-hybridized carbons (Fsp3) is 0.875. The SMILES string of the molecule is CC(CC(=O)O)CC(C)(C)CCCCCC(C)C(=O)O. The summed E-state index contributed by atoms with van der Waals surface area (Å²) < 4.78 is 0. The van der Waals surface area contributed by atoms with Gasteiger partial charge in [0, 0.05) is 6.42 Å². The summed E-state index contributed by atoms with van der Waals surface area (Å²) in [6, 6.07) is 0. The molecule has 2 N–H and O–H groups in total. The molecule has 2 unspecified atom stereocenters. The number of carboxylic acids is 2. The minimum absolute atomic E-state index is 0.160. The zero-order chi connectivity index (χ0) is 15.8. The molecule has 0 fully saturated rings. The van der Waals surface area contributed by atoms with E-state index in [1.54, 1.807) is 6.92 Å². The molecule has 0 aliphatic carbocycles. The molecule has 118 valence electrons. The van der Waals surface area contributed by atoms with Crippen molar-refractivity contribution in [2.45, 2.75) is 72.6 Å². The maximum atomic E-state index is 10.7. The van der Waals surface area contributed by atoms with Crippen molar-refractivity contribution in [1.82, 2.24) is 0 Å². The van der Waals surface area contributed by atoms with Gasteiger partial charge in [-0.2, -0.15) is 0 Å². The molecular weight excluding hydrogens is 256 g/mol. The van der Waals surface area contributed by atoms with Crippen LogP contribution in [0.3, 0.4) is 0 Å².